The highest BCUT2D eigenvalue weighted by molar-refractivity contribution is 7.99. The minimum atomic E-state index is -0.0836. The predicted octanol–water partition coefficient (Wildman–Crippen LogP) is 3.83. The van der Waals surface area contributed by atoms with Gasteiger partial charge in [-0.05, 0) is 43.7 Å². The van der Waals surface area contributed by atoms with Gasteiger partial charge >= 0.3 is 0 Å². The molecular weight excluding hydrogens is 404 g/mol. The first-order valence-corrected chi connectivity index (χ1v) is 11.7. The first-order valence-electron chi connectivity index (χ1n) is 9.89. The first kappa shape index (κ1) is 20.2. The number of nitrogens with one attached hydrogen (secondary N) is 1. The summed E-state index contributed by atoms with van der Waals surface area (Å²) in [7, 11) is 3.78. The highest BCUT2D eigenvalue weighted by atomic mass is 32.2. The molecule has 1 N–H and O–H groups in total. The Morgan fingerprint density at radius 3 is 2.90 bits per heavy atom. The Balaban J connectivity index is 1.42. The van der Waals surface area contributed by atoms with Crippen LogP contribution >= 0.6 is 23.1 Å². The second-order valence-electron chi connectivity index (χ2n) is 7.57. The summed E-state index contributed by atoms with van der Waals surface area (Å²) in [6, 6.07) is 4.14. The van der Waals surface area contributed by atoms with Crippen LogP contribution in [0, 0.1) is 12.8 Å². The van der Waals surface area contributed by atoms with E-state index >= 15 is 0 Å². The van der Waals surface area contributed by atoms with E-state index in [0.717, 1.165) is 22.6 Å². The van der Waals surface area contributed by atoms with Gasteiger partial charge in [0.15, 0.2) is 11.0 Å². The third kappa shape index (κ3) is 4.25. The van der Waals surface area contributed by atoms with Crippen molar-refractivity contribution in [2.75, 3.05) is 11.1 Å². The van der Waals surface area contributed by atoms with Crippen LogP contribution in [0.4, 0.5) is 5.82 Å². The molecule has 1 amide bonds. The fourth-order valence-electron chi connectivity index (χ4n) is 3.75. The van der Waals surface area contributed by atoms with Gasteiger partial charge in [-0.25, -0.2) is 0 Å². The van der Waals surface area contributed by atoms with Gasteiger partial charge in [-0.3, -0.25) is 9.48 Å². The molecule has 1 aliphatic rings. The van der Waals surface area contributed by atoms with E-state index < -0.39 is 0 Å². The number of rotatable bonds is 6. The summed E-state index contributed by atoms with van der Waals surface area (Å²) in [5, 5.41) is 16.6. The topological polar surface area (TPSA) is 77.6 Å². The quantitative estimate of drug-likeness (QED) is 0.602. The summed E-state index contributed by atoms with van der Waals surface area (Å²) in [6.07, 6.45) is 4.88. The van der Waals surface area contributed by atoms with Gasteiger partial charge in [-0.2, -0.15) is 5.10 Å². The van der Waals surface area contributed by atoms with Crippen molar-refractivity contribution in [3.8, 4) is 10.7 Å². The van der Waals surface area contributed by atoms with Crippen molar-refractivity contribution < 1.29 is 4.79 Å². The van der Waals surface area contributed by atoms with E-state index in [4.69, 9.17) is 0 Å². The number of fused-ring (bicyclic) bond motifs is 1. The van der Waals surface area contributed by atoms with Crippen LogP contribution in [0.3, 0.4) is 0 Å². The molecule has 0 spiro atoms. The maximum Gasteiger partial charge on any atom is 0.235 e. The van der Waals surface area contributed by atoms with Gasteiger partial charge < -0.3 is 9.88 Å². The third-order valence-electron chi connectivity index (χ3n) is 5.42. The van der Waals surface area contributed by atoms with Crippen molar-refractivity contribution in [1.29, 1.82) is 0 Å². The van der Waals surface area contributed by atoms with E-state index in [0.29, 0.717) is 5.82 Å². The molecule has 0 radical (unpaired) electrons. The number of anilines is 1. The Kier molecular flexibility index (Phi) is 5.78. The van der Waals surface area contributed by atoms with Crippen molar-refractivity contribution in [3.05, 3.63) is 28.3 Å². The molecule has 154 valence electrons. The fourth-order valence-corrected chi connectivity index (χ4v) is 5.69. The number of hydrogen-bond acceptors (Lipinski definition) is 6. The molecule has 0 aromatic carbocycles. The molecule has 1 atom stereocenters. The number of thioether (sulfide) groups is 1. The molecule has 29 heavy (non-hydrogen) atoms. The summed E-state index contributed by atoms with van der Waals surface area (Å²) < 4.78 is 3.65. The van der Waals surface area contributed by atoms with Gasteiger partial charge in [-0.15, -0.1) is 21.5 Å². The van der Waals surface area contributed by atoms with Gasteiger partial charge in [0.25, 0.3) is 0 Å². The minimum absolute atomic E-state index is 0.0836. The van der Waals surface area contributed by atoms with E-state index in [2.05, 4.69) is 33.6 Å². The van der Waals surface area contributed by atoms with Crippen LogP contribution in [-0.4, -0.2) is 36.2 Å². The Labute approximate surface area is 178 Å². The monoisotopic (exact) mass is 430 g/mol. The number of hydrogen-bond donors (Lipinski definition) is 1. The molecule has 0 fully saturated rings. The number of nitrogens with zero attached hydrogens (tertiary/aromatic N) is 5. The lowest BCUT2D eigenvalue weighted by atomic mass is 9.87. The van der Waals surface area contributed by atoms with Crippen LogP contribution < -0.4 is 5.32 Å². The molecule has 3 aromatic rings. The maximum atomic E-state index is 12.3. The standard InChI is InChI=1S/C20H26N6OS2/c1-5-13-6-7-15-14(9-13)10-16(29-15)19-22-23-20(25(19)3)28-11-18(27)21-17-8-12(2)24-26(17)4/h8,10,13H,5-7,9,11H2,1-4H3,(H,21,27). The Hall–Kier alpha value is -2.13. The van der Waals surface area contributed by atoms with E-state index in [1.807, 2.05) is 43.0 Å². The van der Waals surface area contributed by atoms with Crippen LogP contribution in [0.25, 0.3) is 10.7 Å². The number of carbonyl (C=O) groups excluding carboxylic acids is 1. The largest absolute Gasteiger partial charge is 0.310 e. The average Bonchev–Trinajstić information content (AvgIpc) is 3.36. The third-order valence-corrected chi connectivity index (χ3v) is 7.67. The SMILES string of the molecule is CCC1CCc2sc(-c3nnc(SCC(=O)Nc4cc(C)nn4C)n3C)cc2C1. The van der Waals surface area contributed by atoms with Crippen LogP contribution in [-0.2, 0) is 31.7 Å². The normalized spacial score (nSPS) is 16.1. The number of carbonyl (C=O) groups is 1. The lowest BCUT2D eigenvalue weighted by Gasteiger charge is -2.19. The Morgan fingerprint density at radius 2 is 2.17 bits per heavy atom. The minimum Gasteiger partial charge on any atom is -0.310 e. The van der Waals surface area contributed by atoms with Crippen LogP contribution in [0.1, 0.15) is 35.9 Å². The molecule has 3 heterocycles. The van der Waals surface area contributed by atoms with E-state index in [-0.39, 0.29) is 11.7 Å². The summed E-state index contributed by atoms with van der Waals surface area (Å²) in [4.78, 5) is 15.0. The molecule has 0 saturated heterocycles. The van der Waals surface area contributed by atoms with Gasteiger partial charge in [0.1, 0.15) is 5.82 Å². The van der Waals surface area contributed by atoms with Crippen molar-refractivity contribution >= 4 is 34.8 Å². The summed E-state index contributed by atoms with van der Waals surface area (Å²) >= 11 is 3.23. The van der Waals surface area contributed by atoms with E-state index in [9.17, 15) is 4.79 Å². The highest BCUT2D eigenvalue weighted by Crippen LogP contribution is 2.38. The second-order valence-corrected chi connectivity index (χ2v) is 9.65. The van der Waals surface area contributed by atoms with Crippen molar-refractivity contribution in [2.24, 2.45) is 20.0 Å². The van der Waals surface area contributed by atoms with E-state index in [1.165, 1.54) is 52.8 Å². The number of aryl methyl sites for hydroxylation is 3. The molecule has 9 heteroatoms. The molecule has 3 aromatic heterocycles. The molecule has 0 aliphatic heterocycles. The lowest BCUT2D eigenvalue weighted by Crippen LogP contribution is -2.16. The Morgan fingerprint density at radius 1 is 1.34 bits per heavy atom. The van der Waals surface area contributed by atoms with Crippen molar-refractivity contribution in [2.45, 2.75) is 44.7 Å². The van der Waals surface area contributed by atoms with Crippen molar-refractivity contribution in [3.63, 3.8) is 0 Å². The Bertz CT molecular complexity index is 1030. The van der Waals surface area contributed by atoms with E-state index in [1.54, 1.807) is 4.68 Å². The maximum absolute atomic E-state index is 12.3. The first-order chi connectivity index (χ1) is 13.9. The number of amides is 1. The van der Waals surface area contributed by atoms with Gasteiger partial charge in [-0.1, -0.05) is 25.1 Å². The van der Waals surface area contributed by atoms with Crippen molar-refractivity contribution in [1.82, 2.24) is 24.5 Å². The summed E-state index contributed by atoms with van der Waals surface area (Å²) in [6.45, 7) is 4.18. The lowest BCUT2D eigenvalue weighted by molar-refractivity contribution is -0.113. The average molecular weight is 431 g/mol. The number of thiophene rings is 1. The second kappa shape index (κ2) is 8.31. The zero-order chi connectivity index (χ0) is 20.5. The summed E-state index contributed by atoms with van der Waals surface area (Å²) in [5.41, 5.74) is 2.35. The zero-order valence-electron chi connectivity index (χ0n) is 17.2. The molecule has 0 bridgehead atoms. The van der Waals surface area contributed by atoms with Crippen LogP contribution in [0.5, 0.6) is 0 Å². The van der Waals surface area contributed by atoms with Crippen LogP contribution in [0.15, 0.2) is 17.3 Å². The molecule has 4 rings (SSSR count). The van der Waals surface area contributed by atoms with Gasteiger partial charge in [0.2, 0.25) is 5.91 Å². The van der Waals surface area contributed by atoms with Gasteiger partial charge in [0.05, 0.1) is 16.3 Å². The summed E-state index contributed by atoms with van der Waals surface area (Å²) in [5.74, 6) is 2.57. The predicted molar refractivity (Wildman–Crippen MR) is 117 cm³/mol. The van der Waals surface area contributed by atoms with Gasteiger partial charge in [0, 0.05) is 25.0 Å². The zero-order valence-corrected chi connectivity index (χ0v) is 18.9. The molecule has 7 nitrogen and oxygen atoms in total. The highest BCUT2D eigenvalue weighted by Gasteiger charge is 2.22. The molecule has 1 aliphatic carbocycles. The fraction of sp³-hybridized carbons (Fsp3) is 0.500. The molecular formula is C20H26N6OS2. The number of aromatic nitrogens is 5. The smallest absolute Gasteiger partial charge is 0.235 e. The van der Waals surface area contributed by atoms with Crippen LogP contribution in [0.2, 0.25) is 0 Å². The molecule has 0 saturated carbocycles. The molecule has 1 unspecified atom stereocenters.